The van der Waals surface area contributed by atoms with E-state index < -0.39 is 39.5 Å². The van der Waals surface area contributed by atoms with Crippen molar-refractivity contribution < 1.29 is 28.1 Å². The number of amides is 3. The van der Waals surface area contributed by atoms with Gasteiger partial charge in [-0.3, -0.25) is 20.1 Å². The van der Waals surface area contributed by atoms with Crippen molar-refractivity contribution in [2.24, 2.45) is 0 Å². The zero-order valence-corrected chi connectivity index (χ0v) is 16.9. The molecule has 0 aliphatic heterocycles. The van der Waals surface area contributed by atoms with Gasteiger partial charge in [0.2, 0.25) is 0 Å². The molecule has 0 saturated heterocycles. The molecule has 1 atom stereocenters. The van der Waals surface area contributed by atoms with Gasteiger partial charge in [0.15, 0.2) is 0 Å². The minimum atomic E-state index is -4.29. The summed E-state index contributed by atoms with van der Waals surface area (Å²) in [6, 6.07) is 8.95. The third-order valence-corrected chi connectivity index (χ3v) is 5.83. The van der Waals surface area contributed by atoms with Gasteiger partial charge in [-0.25, -0.2) is 23.4 Å². The molecule has 0 aliphatic rings. The smallest absolute Gasteiger partial charge is 0.308 e. The molecule has 2 aromatic carbocycles. The molecule has 0 unspecified atom stereocenters. The van der Waals surface area contributed by atoms with Crippen LogP contribution in [0.15, 0.2) is 53.4 Å². The van der Waals surface area contributed by atoms with Gasteiger partial charge in [0, 0.05) is 11.6 Å². The van der Waals surface area contributed by atoms with E-state index in [0.717, 1.165) is 4.90 Å². The first-order valence-corrected chi connectivity index (χ1v) is 10.1. The molecule has 0 aliphatic carbocycles. The van der Waals surface area contributed by atoms with Gasteiger partial charge >= 0.3 is 6.03 Å². The number of hydroxylamine groups is 1. The summed E-state index contributed by atoms with van der Waals surface area (Å²) in [5.74, 6) is -1.00. The zero-order chi connectivity index (χ0) is 22.5. The molecule has 0 aromatic heterocycles. The molecule has 2 aromatic rings. The highest BCUT2D eigenvalue weighted by molar-refractivity contribution is 7.90. The Hall–Kier alpha value is -3.51. The molecule has 3 N–H and O–H groups in total. The van der Waals surface area contributed by atoms with E-state index in [1.54, 1.807) is 19.1 Å². The lowest BCUT2D eigenvalue weighted by molar-refractivity contribution is -0.385. The Balaban J connectivity index is 2.40. The van der Waals surface area contributed by atoms with Gasteiger partial charge in [-0.2, -0.15) is 0 Å². The highest BCUT2D eigenvalue weighted by atomic mass is 32.2. The summed E-state index contributed by atoms with van der Waals surface area (Å²) in [6.45, 7) is 2.33. The summed E-state index contributed by atoms with van der Waals surface area (Å²) < 4.78 is 27.2. The average molecular weight is 436 g/mol. The lowest BCUT2D eigenvalue weighted by Gasteiger charge is -2.27. The van der Waals surface area contributed by atoms with Crippen molar-refractivity contribution in [3.63, 3.8) is 0 Å². The van der Waals surface area contributed by atoms with E-state index in [4.69, 9.17) is 5.21 Å². The van der Waals surface area contributed by atoms with Crippen molar-refractivity contribution in [1.29, 1.82) is 0 Å². The number of nitro benzene ring substituents is 1. The molecule has 12 heteroatoms. The molecule has 0 fully saturated rings. The van der Waals surface area contributed by atoms with Gasteiger partial charge in [-0.15, -0.1) is 0 Å². The van der Waals surface area contributed by atoms with Crippen LogP contribution < -0.4 is 10.2 Å². The first-order valence-electron chi connectivity index (χ1n) is 8.63. The predicted octanol–water partition coefficient (Wildman–Crippen LogP) is 1.70. The molecule has 3 amide bonds. The highest BCUT2D eigenvalue weighted by Crippen LogP contribution is 2.21. The molecular formula is C18H20N4O7S. The van der Waals surface area contributed by atoms with Crippen LogP contribution in [0.5, 0.6) is 0 Å². The molecule has 11 nitrogen and oxygen atoms in total. The van der Waals surface area contributed by atoms with E-state index in [2.05, 4.69) is 0 Å². The van der Waals surface area contributed by atoms with Gasteiger partial charge in [0.25, 0.3) is 21.6 Å². The zero-order valence-electron chi connectivity index (χ0n) is 16.1. The first-order chi connectivity index (χ1) is 14.1. The van der Waals surface area contributed by atoms with E-state index in [9.17, 15) is 28.1 Å². The number of aryl methyl sites for hydroxylation is 1. The average Bonchev–Trinajstić information content (AvgIpc) is 2.70. The lowest BCUT2D eigenvalue weighted by atomic mass is 10.1. The standard InChI is InChI=1S/C18H20N4O7S/c1-12-7-3-6-10-16(12)30(28,29)20-18(24)21(13(2)17(23)19-25)11-14-8-4-5-9-15(14)22(26)27/h3-10,13,25H,11H2,1-2H3,(H,19,23)(H,20,24)/t13-/m0/s1. The summed E-state index contributed by atoms with van der Waals surface area (Å²) in [6.07, 6.45) is 0. The molecule has 0 radical (unpaired) electrons. The Kier molecular flexibility index (Phi) is 7.08. The van der Waals surface area contributed by atoms with Crippen LogP contribution in [0.2, 0.25) is 0 Å². The van der Waals surface area contributed by atoms with Crippen LogP contribution in [0, 0.1) is 17.0 Å². The maximum atomic E-state index is 12.8. The van der Waals surface area contributed by atoms with Crippen molar-refractivity contribution in [1.82, 2.24) is 15.1 Å². The molecule has 0 spiro atoms. The molecule has 0 saturated carbocycles. The van der Waals surface area contributed by atoms with Crippen molar-refractivity contribution >= 4 is 27.6 Å². The third-order valence-electron chi connectivity index (χ3n) is 4.35. The Morgan fingerprint density at radius 3 is 2.37 bits per heavy atom. The van der Waals surface area contributed by atoms with Gasteiger partial charge < -0.3 is 4.90 Å². The molecular weight excluding hydrogens is 416 g/mol. The summed E-state index contributed by atoms with van der Waals surface area (Å²) in [4.78, 5) is 35.9. The van der Waals surface area contributed by atoms with E-state index in [0.29, 0.717) is 5.56 Å². The number of benzene rings is 2. The second-order valence-electron chi connectivity index (χ2n) is 6.34. The van der Waals surface area contributed by atoms with Crippen molar-refractivity contribution in [3.8, 4) is 0 Å². The fraction of sp³-hybridized carbons (Fsp3) is 0.222. The van der Waals surface area contributed by atoms with Crippen molar-refractivity contribution in [2.45, 2.75) is 31.3 Å². The van der Waals surface area contributed by atoms with E-state index in [1.165, 1.54) is 48.8 Å². The highest BCUT2D eigenvalue weighted by Gasteiger charge is 2.31. The number of sulfonamides is 1. The normalized spacial score (nSPS) is 12.0. The maximum Gasteiger partial charge on any atom is 0.332 e. The van der Waals surface area contributed by atoms with E-state index in [-0.39, 0.29) is 16.1 Å². The number of carbonyl (C=O) groups is 2. The topological polar surface area (TPSA) is 159 Å². The number of hydrogen-bond acceptors (Lipinski definition) is 7. The summed E-state index contributed by atoms with van der Waals surface area (Å²) in [5, 5.41) is 20.2. The Bertz CT molecular complexity index is 1070. The monoisotopic (exact) mass is 436 g/mol. The van der Waals surface area contributed by atoms with Crippen LogP contribution in [0.3, 0.4) is 0 Å². The predicted molar refractivity (Wildman–Crippen MR) is 105 cm³/mol. The van der Waals surface area contributed by atoms with E-state index in [1.807, 2.05) is 4.72 Å². The van der Waals surface area contributed by atoms with Crippen LogP contribution in [-0.4, -0.2) is 41.4 Å². The lowest BCUT2D eigenvalue weighted by Crippen LogP contribution is -2.51. The van der Waals surface area contributed by atoms with Crippen molar-refractivity contribution in [2.75, 3.05) is 0 Å². The SMILES string of the molecule is Cc1ccccc1S(=O)(=O)NC(=O)N(Cc1ccccc1[N+](=O)[O-])[C@@H](C)C(=O)NO. The number of nitrogens with zero attached hydrogens (tertiary/aromatic N) is 2. The minimum absolute atomic E-state index is 0.0727. The quantitative estimate of drug-likeness (QED) is 0.338. The molecule has 2 rings (SSSR count). The Morgan fingerprint density at radius 1 is 1.17 bits per heavy atom. The largest absolute Gasteiger partial charge is 0.332 e. The second-order valence-corrected chi connectivity index (χ2v) is 7.99. The number of nitrogens with one attached hydrogen (secondary N) is 2. The van der Waals surface area contributed by atoms with Crippen LogP contribution in [0.4, 0.5) is 10.5 Å². The van der Waals surface area contributed by atoms with Gasteiger partial charge in [-0.1, -0.05) is 36.4 Å². The fourth-order valence-corrected chi connectivity index (χ4v) is 3.92. The molecule has 30 heavy (non-hydrogen) atoms. The van der Waals surface area contributed by atoms with Crippen LogP contribution in [0.25, 0.3) is 0 Å². The molecule has 160 valence electrons. The maximum absolute atomic E-state index is 12.8. The van der Waals surface area contributed by atoms with Crippen LogP contribution in [-0.2, 0) is 21.4 Å². The number of rotatable bonds is 7. The Morgan fingerprint density at radius 2 is 1.77 bits per heavy atom. The number of urea groups is 1. The number of carbonyl (C=O) groups excluding carboxylic acids is 2. The Labute approximate surface area is 172 Å². The third kappa shape index (κ3) is 5.10. The van der Waals surface area contributed by atoms with Crippen molar-refractivity contribution in [3.05, 3.63) is 69.8 Å². The minimum Gasteiger partial charge on any atom is -0.308 e. The summed E-state index contributed by atoms with van der Waals surface area (Å²) in [5.41, 5.74) is 1.54. The fourth-order valence-electron chi connectivity index (χ4n) is 2.71. The van der Waals surface area contributed by atoms with Crippen LogP contribution in [0.1, 0.15) is 18.1 Å². The first kappa shape index (κ1) is 22.8. The number of hydrogen-bond donors (Lipinski definition) is 3. The summed E-state index contributed by atoms with van der Waals surface area (Å²) in [7, 11) is -4.29. The van der Waals surface area contributed by atoms with Crippen LogP contribution >= 0.6 is 0 Å². The van der Waals surface area contributed by atoms with Gasteiger partial charge in [-0.05, 0) is 25.5 Å². The number of nitro groups is 1. The summed E-state index contributed by atoms with van der Waals surface area (Å²) >= 11 is 0. The van der Waals surface area contributed by atoms with E-state index >= 15 is 0 Å². The number of para-hydroxylation sites is 1. The van der Waals surface area contributed by atoms with Gasteiger partial charge in [0.05, 0.1) is 16.4 Å². The molecule has 0 heterocycles. The second kappa shape index (κ2) is 9.33. The molecule has 0 bridgehead atoms. The van der Waals surface area contributed by atoms with Gasteiger partial charge in [0.1, 0.15) is 6.04 Å².